The van der Waals surface area contributed by atoms with Crippen LogP contribution < -0.4 is 10.2 Å². The summed E-state index contributed by atoms with van der Waals surface area (Å²) in [6.07, 6.45) is 3.90. The maximum Gasteiger partial charge on any atom is 0.265 e. The summed E-state index contributed by atoms with van der Waals surface area (Å²) in [6.45, 7) is 6.58. The number of rotatable bonds is 4. The van der Waals surface area contributed by atoms with Crippen LogP contribution in [-0.4, -0.2) is 48.0 Å². The molecule has 0 saturated carbocycles. The van der Waals surface area contributed by atoms with Crippen LogP contribution in [0, 0.1) is 6.92 Å². The maximum atomic E-state index is 12.2. The molecule has 2 fully saturated rings. The number of carbonyl (C=O) groups is 1. The van der Waals surface area contributed by atoms with E-state index in [9.17, 15) is 4.79 Å². The number of thiophene rings is 1. The Balaban J connectivity index is 1.42. The monoisotopic (exact) mass is 356 g/mol. The lowest BCUT2D eigenvalue weighted by Crippen LogP contribution is -2.35. The van der Waals surface area contributed by atoms with Crippen LogP contribution in [0.5, 0.6) is 0 Å². The summed E-state index contributed by atoms with van der Waals surface area (Å²) in [5.74, 6) is 0.955. The minimum Gasteiger partial charge on any atom is -0.355 e. The molecule has 132 valence electrons. The molecule has 2 aromatic heterocycles. The molecule has 0 spiro atoms. The van der Waals surface area contributed by atoms with Gasteiger partial charge in [-0.05, 0) is 62.9 Å². The van der Waals surface area contributed by atoms with E-state index in [2.05, 4.69) is 15.1 Å². The standard InChI is InChI=1S/C19H24N4OS/c1-14-16(21-19(24)17-5-4-12-25-17)6-7-18(20-14)23-11-8-15(13-23)22-9-2-3-10-22/h4-7,12,15H,2-3,8-11,13H2,1H3,(H,21,24)/t15-/m1/s1. The molecule has 2 saturated heterocycles. The Morgan fingerprint density at radius 2 is 2.08 bits per heavy atom. The quantitative estimate of drug-likeness (QED) is 0.912. The van der Waals surface area contributed by atoms with Crippen molar-refractivity contribution in [2.75, 3.05) is 36.4 Å². The fourth-order valence-electron chi connectivity index (χ4n) is 3.80. The van der Waals surface area contributed by atoms with Gasteiger partial charge in [0.2, 0.25) is 0 Å². The molecule has 4 rings (SSSR count). The molecule has 25 heavy (non-hydrogen) atoms. The molecule has 1 atom stereocenters. The molecular formula is C19H24N4OS. The van der Waals surface area contributed by atoms with Crippen LogP contribution in [0.3, 0.4) is 0 Å². The lowest BCUT2D eigenvalue weighted by molar-refractivity contribution is 0.103. The lowest BCUT2D eigenvalue weighted by atomic mass is 10.2. The van der Waals surface area contributed by atoms with Crippen molar-refractivity contribution >= 4 is 28.7 Å². The molecule has 1 amide bonds. The maximum absolute atomic E-state index is 12.2. The van der Waals surface area contributed by atoms with Crippen molar-refractivity contribution < 1.29 is 4.79 Å². The van der Waals surface area contributed by atoms with Gasteiger partial charge >= 0.3 is 0 Å². The van der Waals surface area contributed by atoms with E-state index in [1.165, 1.54) is 43.7 Å². The zero-order valence-electron chi connectivity index (χ0n) is 14.6. The highest BCUT2D eigenvalue weighted by molar-refractivity contribution is 7.12. The van der Waals surface area contributed by atoms with Crippen LogP contribution in [0.1, 0.15) is 34.6 Å². The number of anilines is 2. The largest absolute Gasteiger partial charge is 0.355 e. The van der Waals surface area contributed by atoms with Gasteiger partial charge in [0.15, 0.2) is 0 Å². The van der Waals surface area contributed by atoms with Crippen molar-refractivity contribution in [3.05, 3.63) is 40.2 Å². The number of amides is 1. The van der Waals surface area contributed by atoms with Gasteiger partial charge in [0, 0.05) is 19.1 Å². The van der Waals surface area contributed by atoms with E-state index in [-0.39, 0.29) is 5.91 Å². The minimum absolute atomic E-state index is 0.0667. The first-order valence-electron chi connectivity index (χ1n) is 9.02. The Bertz CT molecular complexity index is 740. The molecule has 0 unspecified atom stereocenters. The molecular weight excluding hydrogens is 332 g/mol. The number of likely N-dealkylation sites (tertiary alicyclic amines) is 1. The molecule has 2 aromatic rings. The summed E-state index contributed by atoms with van der Waals surface area (Å²) in [6, 6.07) is 8.40. The molecule has 2 aliphatic rings. The second-order valence-electron chi connectivity index (χ2n) is 6.87. The van der Waals surface area contributed by atoms with Gasteiger partial charge in [-0.3, -0.25) is 9.69 Å². The minimum atomic E-state index is -0.0667. The molecule has 1 N–H and O–H groups in total. The van der Waals surface area contributed by atoms with E-state index in [1.807, 2.05) is 36.6 Å². The van der Waals surface area contributed by atoms with E-state index >= 15 is 0 Å². The van der Waals surface area contributed by atoms with E-state index in [1.54, 1.807) is 0 Å². The molecule has 5 nitrogen and oxygen atoms in total. The van der Waals surface area contributed by atoms with Gasteiger partial charge in [0.1, 0.15) is 5.82 Å². The fourth-order valence-corrected chi connectivity index (χ4v) is 4.42. The summed E-state index contributed by atoms with van der Waals surface area (Å²) in [7, 11) is 0. The number of carbonyl (C=O) groups excluding carboxylic acids is 1. The molecule has 0 aliphatic carbocycles. The predicted octanol–water partition coefficient (Wildman–Crippen LogP) is 3.38. The van der Waals surface area contributed by atoms with E-state index in [0.29, 0.717) is 6.04 Å². The van der Waals surface area contributed by atoms with Crippen LogP contribution in [0.25, 0.3) is 0 Å². The Labute approximate surface area is 152 Å². The third kappa shape index (κ3) is 3.55. The van der Waals surface area contributed by atoms with Crippen LogP contribution >= 0.6 is 11.3 Å². The highest BCUT2D eigenvalue weighted by Gasteiger charge is 2.29. The first-order valence-corrected chi connectivity index (χ1v) is 9.90. The summed E-state index contributed by atoms with van der Waals surface area (Å²) in [4.78, 5) is 22.7. The van der Waals surface area contributed by atoms with Crippen LogP contribution in [0.15, 0.2) is 29.6 Å². The number of nitrogens with zero attached hydrogens (tertiary/aromatic N) is 3. The first-order chi connectivity index (χ1) is 12.2. The van der Waals surface area contributed by atoms with Crippen LogP contribution in [0.4, 0.5) is 11.5 Å². The predicted molar refractivity (Wildman–Crippen MR) is 103 cm³/mol. The van der Waals surface area contributed by atoms with Crippen LogP contribution in [-0.2, 0) is 0 Å². The number of pyridine rings is 1. The fraction of sp³-hybridized carbons (Fsp3) is 0.474. The van der Waals surface area contributed by atoms with Gasteiger partial charge in [-0.15, -0.1) is 11.3 Å². The SMILES string of the molecule is Cc1nc(N2CC[C@@H](N3CCCC3)C2)ccc1NC(=O)c1cccs1. The Hall–Kier alpha value is -1.92. The Kier molecular flexibility index (Phi) is 4.72. The molecule has 2 aliphatic heterocycles. The summed E-state index contributed by atoms with van der Waals surface area (Å²) in [5, 5.41) is 4.88. The van der Waals surface area contributed by atoms with Crippen molar-refractivity contribution in [2.45, 2.75) is 32.2 Å². The van der Waals surface area contributed by atoms with Crippen molar-refractivity contribution in [1.82, 2.24) is 9.88 Å². The number of hydrogen-bond donors (Lipinski definition) is 1. The zero-order chi connectivity index (χ0) is 17.2. The highest BCUT2D eigenvalue weighted by Crippen LogP contribution is 2.26. The van der Waals surface area contributed by atoms with Crippen LogP contribution in [0.2, 0.25) is 0 Å². The highest BCUT2D eigenvalue weighted by atomic mass is 32.1. The van der Waals surface area contributed by atoms with E-state index in [4.69, 9.17) is 4.98 Å². The average Bonchev–Trinajstić information content (AvgIpc) is 3.37. The molecule has 0 aromatic carbocycles. The van der Waals surface area contributed by atoms with Crippen molar-refractivity contribution in [3.63, 3.8) is 0 Å². The van der Waals surface area contributed by atoms with Crippen molar-refractivity contribution in [2.24, 2.45) is 0 Å². The van der Waals surface area contributed by atoms with Gasteiger partial charge < -0.3 is 10.2 Å². The number of aryl methyl sites for hydroxylation is 1. The second kappa shape index (κ2) is 7.14. The van der Waals surface area contributed by atoms with Gasteiger partial charge in [-0.2, -0.15) is 0 Å². The summed E-state index contributed by atoms with van der Waals surface area (Å²) >= 11 is 1.45. The number of nitrogens with one attached hydrogen (secondary N) is 1. The third-order valence-corrected chi connectivity index (χ3v) is 6.08. The topological polar surface area (TPSA) is 48.5 Å². The zero-order valence-corrected chi connectivity index (χ0v) is 15.4. The van der Waals surface area contributed by atoms with E-state index < -0.39 is 0 Å². The third-order valence-electron chi connectivity index (χ3n) is 5.21. The summed E-state index contributed by atoms with van der Waals surface area (Å²) in [5.41, 5.74) is 1.66. The molecule has 4 heterocycles. The summed E-state index contributed by atoms with van der Waals surface area (Å²) < 4.78 is 0. The van der Waals surface area contributed by atoms with E-state index in [0.717, 1.165) is 35.2 Å². The number of aromatic nitrogens is 1. The average molecular weight is 356 g/mol. The van der Waals surface area contributed by atoms with Gasteiger partial charge in [-0.25, -0.2) is 4.98 Å². The normalized spacial score (nSPS) is 21.0. The number of hydrogen-bond acceptors (Lipinski definition) is 5. The van der Waals surface area contributed by atoms with Crippen molar-refractivity contribution in [1.29, 1.82) is 0 Å². The van der Waals surface area contributed by atoms with Gasteiger partial charge in [0.05, 0.1) is 16.3 Å². The molecule has 6 heteroatoms. The van der Waals surface area contributed by atoms with Gasteiger partial charge in [0.25, 0.3) is 5.91 Å². The Morgan fingerprint density at radius 1 is 1.24 bits per heavy atom. The van der Waals surface area contributed by atoms with Gasteiger partial charge in [-0.1, -0.05) is 6.07 Å². The first kappa shape index (κ1) is 16.5. The van der Waals surface area contributed by atoms with Crippen molar-refractivity contribution in [3.8, 4) is 0 Å². The molecule has 0 bridgehead atoms. The smallest absolute Gasteiger partial charge is 0.265 e. The Morgan fingerprint density at radius 3 is 2.80 bits per heavy atom. The molecule has 0 radical (unpaired) electrons. The second-order valence-corrected chi connectivity index (χ2v) is 7.81. The lowest BCUT2D eigenvalue weighted by Gasteiger charge is -2.24.